The van der Waals surface area contributed by atoms with E-state index in [2.05, 4.69) is 18.0 Å². The molecule has 0 aliphatic rings. The van der Waals surface area contributed by atoms with Crippen LogP contribution in [0.15, 0.2) is 48.7 Å². The molecule has 0 bridgehead atoms. The fourth-order valence-corrected chi connectivity index (χ4v) is 0.882. The van der Waals surface area contributed by atoms with Gasteiger partial charge in [-0.25, -0.2) is 12.1 Å². The first-order valence-corrected chi connectivity index (χ1v) is 4.45. The van der Waals surface area contributed by atoms with Crippen LogP contribution in [-0.2, 0) is 0 Å². The van der Waals surface area contributed by atoms with Crippen LogP contribution in [0.2, 0.25) is 0 Å². The van der Waals surface area contributed by atoms with E-state index in [0.717, 1.165) is 11.3 Å². The van der Waals surface area contributed by atoms with Gasteiger partial charge in [0.25, 0.3) is 0 Å². The van der Waals surface area contributed by atoms with Crippen LogP contribution in [-0.4, -0.2) is 28.0 Å². The minimum absolute atomic E-state index is 0. The molecule has 1 aromatic carbocycles. The number of benzene rings is 1. The predicted molar refractivity (Wildman–Crippen MR) is 64.5 cm³/mol. The van der Waals surface area contributed by atoms with Crippen LogP contribution in [0, 0.1) is 19.9 Å². The first-order valence-electron chi connectivity index (χ1n) is 4.45. The third-order valence-electron chi connectivity index (χ3n) is 1.59. The Morgan fingerprint density at radius 3 is 2.07 bits per heavy atom. The number of aryl methyl sites for hydroxylation is 1. The Morgan fingerprint density at radius 1 is 1.13 bits per heavy atom. The van der Waals surface area contributed by atoms with Crippen LogP contribution in [0.3, 0.4) is 0 Å². The summed E-state index contributed by atoms with van der Waals surface area (Å²) in [4.78, 5) is 3.92. The first-order chi connectivity index (χ1) is 6.79. The summed E-state index contributed by atoms with van der Waals surface area (Å²) in [5.41, 5.74) is 2.02. The van der Waals surface area contributed by atoms with Gasteiger partial charge in [0.15, 0.2) is 0 Å². The van der Waals surface area contributed by atoms with Gasteiger partial charge in [-0.1, -0.05) is 18.0 Å². The van der Waals surface area contributed by atoms with Crippen molar-refractivity contribution in [3.05, 3.63) is 72.9 Å². The second-order valence-corrected chi connectivity index (χ2v) is 2.85. The molecule has 0 fully saturated rings. The van der Waals surface area contributed by atoms with Crippen molar-refractivity contribution >= 4 is 23.1 Å². The van der Waals surface area contributed by atoms with E-state index in [1.807, 2.05) is 49.4 Å². The fourth-order valence-electron chi connectivity index (χ4n) is 0.882. The van der Waals surface area contributed by atoms with Gasteiger partial charge in [-0.3, -0.25) is 0 Å². The Hall–Kier alpha value is -0.994. The maximum absolute atomic E-state index is 3.92. The van der Waals surface area contributed by atoms with E-state index >= 15 is 0 Å². The average Bonchev–Trinajstić information content (AvgIpc) is 2.21. The maximum atomic E-state index is 3.92. The SMILES string of the molecule is Cc1[c-]cccn1.[CH2-]c1ccccc1.[Mg+2]. The third kappa shape index (κ3) is 7.00. The molecule has 0 aliphatic heterocycles. The largest absolute Gasteiger partial charge is 2.00 e. The minimum atomic E-state index is 0. The van der Waals surface area contributed by atoms with Gasteiger partial charge in [0.05, 0.1) is 0 Å². The summed E-state index contributed by atoms with van der Waals surface area (Å²) >= 11 is 0. The van der Waals surface area contributed by atoms with Crippen LogP contribution >= 0.6 is 0 Å². The standard InChI is InChI=1S/C7H7.C6H6N.Mg/c1-7-5-3-2-4-6-7;1-6-4-2-3-5-7-6;/h2-6H,1H2;2-3,5H,1H3;/q2*-1;+2. The summed E-state index contributed by atoms with van der Waals surface area (Å²) in [7, 11) is 0. The van der Waals surface area contributed by atoms with Crippen LogP contribution in [0.1, 0.15) is 11.3 Å². The van der Waals surface area contributed by atoms with E-state index in [0.29, 0.717) is 0 Å². The number of hydrogen-bond donors (Lipinski definition) is 0. The van der Waals surface area contributed by atoms with E-state index in [4.69, 9.17) is 0 Å². The zero-order valence-corrected chi connectivity index (χ0v) is 10.4. The summed E-state index contributed by atoms with van der Waals surface area (Å²) in [6.45, 7) is 5.64. The van der Waals surface area contributed by atoms with Crippen molar-refractivity contribution in [2.24, 2.45) is 0 Å². The van der Waals surface area contributed by atoms with Gasteiger partial charge < -0.3 is 4.98 Å². The monoisotopic (exact) mass is 207 g/mol. The molecule has 0 radical (unpaired) electrons. The molecule has 2 aromatic rings. The normalized spacial score (nSPS) is 8.07. The van der Waals surface area contributed by atoms with Crippen LogP contribution in [0.25, 0.3) is 0 Å². The van der Waals surface area contributed by atoms with Crippen molar-refractivity contribution in [3.8, 4) is 0 Å². The third-order valence-corrected chi connectivity index (χ3v) is 1.59. The van der Waals surface area contributed by atoms with Crippen molar-refractivity contribution in [2.75, 3.05) is 0 Å². The molecule has 1 heterocycles. The number of pyridine rings is 1. The van der Waals surface area contributed by atoms with Gasteiger partial charge in [0.2, 0.25) is 0 Å². The van der Waals surface area contributed by atoms with Gasteiger partial charge in [0, 0.05) is 0 Å². The molecular formula is C13H13MgN. The molecule has 1 aromatic heterocycles. The Morgan fingerprint density at radius 2 is 1.80 bits per heavy atom. The number of nitrogens with zero attached hydrogens (tertiary/aromatic N) is 1. The van der Waals surface area contributed by atoms with Crippen molar-refractivity contribution in [1.82, 2.24) is 4.98 Å². The smallest absolute Gasteiger partial charge is 0.301 e. The minimum Gasteiger partial charge on any atom is -0.301 e. The summed E-state index contributed by atoms with van der Waals surface area (Å²) < 4.78 is 0. The molecule has 0 atom stereocenters. The summed E-state index contributed by atoms with van der Waals surface area (Å²) in [6, 6.07) is 16.5. The van der Waals surface area contributed by atoms with Gasteiger partial charge in [0.1, 0.15) is 0 Å². The Kier molecular flexibility index (Phi) is 7.77. The molecular weight excluding hydrogens is 194 g/mol. The van der Waals surface area contributed by atoms with E-state index in [1.165, 1.54) is 0 Å². The fraction of sp³-hybridized carbons (Fsp3) is 0.0769. The van der Waals surface area contributed by atoms with E-state index < -0.39 is 0 Å². The summed E-state index contributed by atoms with van der Waals surface area (Å²) in [5.74, 6) is 0. The molecule has 0 unspecified atom stereocenters. The summed E-state index contributed by atoms with van der Waals surface area (Å²) in [6.07, 6.45) is 1.76. The van der Waals surface area contributed by atoms with Gasteiger partial charge in [-0.2, -0.15) is 30.7 Å². The van der Waals surface area contributed by atoms with Gasteiger partial charge >= 0.3 is 23.1 Å². The van der Waals surface area contributed by atoms with E-state index in [-0.39, 0.29) is 23.1 Å². The zero-order chi connectivity index (χ0) is 10.2. The molecule has 2 heteroatoms. The topological polar surface area (TPSA) is 12.9 Å². The molecule has 0 N–H and O–H groups in total. The summed E-state index contributed by atoms with van der Waals surface area (Å²) in [5, 5.41) is 0. The number of rotatable bonds is 0. The van der Waals surface area contributed by atoms with Crippen LogP contribution in [0.5, 0.6) is 0 Å². The molecule has 0 aliphatic carbocycles. The second kappa shape index (κ2) is 8.33. The van der Waals surface area contributed by atoms with Gasteiger partial charge in [-0.05, 0) is 6.92 Å². The second-order valence-electron chi connectivity index (χ2n) is 2.85. The van der Waals surface area contributed by atoms with Crippen LogP contribution < -0.4 is 0 Å². The first kappa shape index (κ1) is 14.0. The van der Waals surface area contributed by atoms with Crippen molar-refractivity contribution in [3.63, 3.8) is 0 Å². The predicted octanol–water partition coefficient (Wildman–Crippen LogP) is 2.68. The zero-order valence-electron chi connectivity index (χ0n) is 8.98. The molecule has 0 amide bonds. The Balaban J connectivity index is 0.000000245. The molecule has 15 heavy (non-hydrogen) atoms. The molecule has 72 valence electrons. The molecule has 0 spiro atoms. The quantitative estimate of drug-likeness (QED) is 0.478. The van der Waals surface area contributed by atoms with Crippen molar-refractivity contribution in [1.29, 1.82) is 0 Å². The van der Waals surface area contributed by atoms with Gasteiger partial charge in [-0.15, -0.1) is 12.1 Å². The maximum Gasteiger partial charge on any atom is 2.00 e. The Labute approximate surface area is 108 Å². The number of hydrogen-bond acceptors (Lipinski definition) is 1. The van der Waals surface area contributed by atoms with E-state index in [1.54, 1.807) is 6.20 Å². The molecule has 2 rings (SSSR count). The van der Waals surface area contributed by atoms with Crippen molar-refractivity contribution < 1.29 is 0 Å². The number of aromatic nitrogens is 1. The average molecular weight is 208 g/mol. The molecule has 0 saturated carbocycles. The van der Waals surface area contributed by atoms with E-state index in [9.17, 15) is 0 Å². The van der Waals surface area contributed by atoms with Crippen molar-refractivity contribution in [2.45, 2.75) is 6.92 Å². The molecule has 1 nitrogen and oxygen atoms in total. The Bertz CT molecular complexity index is 308. The van der Waals surface area contributed by atoms with Crippen LogP contribution in [0.4, 0.5) is 0 Å². The molecule has 0 saturated heterocycles.